The zero-order valence-corrected chi connectivity index (χ0v) is 23.3. The van der Waals surface area contributed by atoms with E-state index in [2.05, 4.69) is 15.6 Å². The van der Waals surface area contributed by atoms with Gasteiger partial charge >= 0.3 is 0 Å². The first-order chi connectivity index (χ1) is 18.9. The van der Waals surface area contributed by atoms with E-state index in [1.165, 1.54) is 4.90 Å². The van der Waals surface area contributed by atoms with Crippen LogP contribution in [-0.2, 0) is 27.3 Å². The summed E-state index contributed by atoms with van der Waals surface area (Å²) in [5, 5.41) is 5.65. The molecule has 0 aliphatic carbocycles. The fourth-order valence-electron chi connectivity index (χ4n) is 4.26. The zero-order valence-electron chi connectivity index (χ0n) is 22.5. The first-order valence-corrected chi connectivity index (χ1v) is 12.7. The Hall–Kier alpha value is -4.09. The van der Waals surface area contributed by atoms with Crippen molar-refractivity contribution in [1.29, 1.82) is 0 Å². The molecule has 40 heavy (non-hydrogen) atoms. The third-order valence-electron chi connectivity index (χ3n) is 6.36. The number of aromatic nitrogens is 1. The molecule has 0 saturated heterocycles. The number of methoxy groups -OCH3 is 1. The number of carbonyl (C=O) groups is 3. The van der Waals surface area contributed by atoms with Crippen LogP contribution >= 0.6 is 12.4 Å². The number of aryl methyl sites for hydroxylation is 1. The predicted molar refractivity (Wildman–Crippen MR) is 150 cm³/mol. The van der Waals surface area contributed by atoms with Crippen LogP contribution in [0.5, 0.6) is 11.5 Å². The average molecular weight is 572 g/mol. The molecule has 3 amide bonds. The highest BCUT2D eigenvalue weighted by Crippen LogP contribution is 2.33. The first-order valence-electron chi connectivity index (χ1n) is 12.7. The van der Waals surface area contributed by atoms with Gasteiger partial charge in [0.2, 0.25) is 23.6 Å². The maximum Gasteiger partial charge on any atom is 0.243 e. The van der Waals surface area contributed by atoms with Gasteiger partial charge in [-0.05, 0) is 37.1 Å². The van der Waals surface area contributed by atoms with E-state index in [1.54, 1.807) is 26.2 Å². The average Bonchev–Trinajstić information content (AvgIpc) is 3.32. The van der Waals surface area contributed by atoms with Gasteiger partial charge in [0.25, 0.3) is 0 Å². The number of halogens is 1. The van der Waals surface area contributed by atoms with E-state index in [-0.39, 0.29) is 63.4 Å². The van der Waals surface area contributed by atoms with Crippen molar-refractivity contribution in [3.8, 4) is 23.0 Å². The number of benzene rings is 2. The molecule has 3 aromatic rings. The Bertz CT molecular complexity index is 1320. The Labute approximate surface area is 238 Å². The van der Waals surface area contributed by atoms with Crippen LogP contribution in [0.15, 0.2) is 52.9 Å². The van der Waals surface area contributed by atoms with Crippen molar-refractivity contribution in [3.63, 3.8) is 0 Å². The molecule has 12 heteroatoms. The molecule has 2 heterocycles. The number of ether oxygens (including phenoxy) is 2. The van der Waals surface area contributed by atoms with E-state index in [0.29, 0.717) is 40.8 Å². The lowest BCUT2D eigenvalue weighted by molar-refractivity contribution is -0.136. The molecule has 0 radical (unpaired) electrons. The number of hydrogen-bond acceptors (Lipinski definition) is 8. The highest BCUT2D eigenvalue weighted by atomic mass is 35.5. The Morgan fingerprint density at radius 3 is 2.70 bits per heavy atom. The van der Waals surface area contributed by atoms with Crippen molar-refractivity contribution in [2.24, 2.45) is 5.73 Å². The number of nitrogens with two attached hydrogens (primary N) is 1. The Balaban J connectivity index is 0.00000441. The molecule has 1 aliphatic rings. The highest BCUT2D eigenvalue weighted by molar-refractivity contribution is 5.90. The summed E-state index contributed by atoms with van der Waals surface area (Å²) in [5.41, 5.74) is 7.71. The molecule has 11 nitrogen and oxygen atoms in total. The second-order valence-corrected chi connectivity index (χ2v) is 9.14. The van der Waals surface area contributed by atoms with Crippen molar-refractivity contribution in [1.82, 2.24) is 20.5 Å². The molecule has 0 spiro atoms. The number of hydrogen-bond donors (Lipinski definition) is 3. The van der Waals surface area contributed by atoms with Crippen molar-refractivity contribution in [2.45, 2.75) is 32.4 Å². The third-order valence-corrected chi connectivity index (χ3v) is 6.36. The molecule has 1 aromatic heterocycles. The van der Waals surface area contributed by atoms with E-state index < -0.39 is 11.9 Å². The van der Waals surface area contributed by atoms with Gasteiger partial charge < -0.3 is 35.2 Å². The highest BCUT2D eigenvalue weighted by Gasteiger charge is 2.25. The first kappa shape index (κ1) is 30.5. The number of rotatable bonds is 4. The topological polar surface area (TPSA) is 149 Å². The van der Waals surface area contributed by atoms with Crippen molar-refractivity contribution in [3.05, 3.63) is 65.5 Å². The summed E-state index contributed by atoms with van der Waals surface area (Å²) in [4.78, 5) is 44.7. The quantitative estimate of drug-likeness (QED) is 0.430. The lowest BCUT2D eigenvalue weighted by Crippen LogP contribution is -2.51. The lowest BCUT2D eigenvalue weighted by atomic mass is 10.1. The molecular weight excluding hydrogens is 538 g/mol. The minimum absolute atomic E-state index is 0. The summed E-state index contributed by atoms with van der Waals surface area (Å²) in [6.07, 6.45) is 0.706. The zero-order chi connectivity index (χ0) is 27.8. The Morgan fingerprint density at radius 1 is 1.20 bits per heavy atom. The summed E-state index contributed by atoms with van der Waals surface area (Å²) < 4.78 is 17.3. The fraction of sp³-hybridized carbons (Fsp3) is 0.357. The summed E-state index contributed by atoms with van der Waals surface area (Å²) >= 11 is 0. The van der Waals surface area contributed by atoms with Crippen LogP contribution in [0.1, 0.15) is 23.4 Å². The summed E-state index contributed by atoms with van der Waals surface area (Å²) in [5.74, 6) is 0.721. The molecule has 4 N–H and O–H groups in total. The smallest absolute Gasteiger partial charge is 0.243 e. The lowest BCUT2D eigenvalue weighted by Gasteiger charge is -2.24. The van der Waals surface area contributed by atoms with Crippen LogP contribution < -0.4 is 25.8 Å². The largest absolute Gasteiger partial charge is 0.493 e. The van der Waals surface area contributed by atoms with Gasteiger partial charge in [-0.25, -0.2) is 4.98 Å². The van der Waals surface area contributed by atoms with E-state index in [0.717, 1.165) is 5.56 Å². The minimum Gasteiger partial charge on any atom is -0.493 e. The molecular formula is C28H34ClN5O6. The standard InChI is InChI=1S/C28H33N5O6.ClH/c1-18-22-16-30-27(36)21(13-19-7-4-3-5-8-19)31-25(34)17-33(26(35)15-29)11-6-12-38-24-14-20(28(32-22)39-18)9-10-23(24)37-2;/h3-5,7-10,14,21H,6,11-13,15-17,29H2,1-2H3,(H,30,36)(H,31,34);1H/t21-;/m1./s1. The van der Waals surface area contributed by atoms with E-state index >= 15 is 0 Å². The van der Waals surface area contributed by atoms with Crippen LogP contribution in [0, 0.1) is 6.92 Å². The van der Waals surface area contributed by atoms with Crippen LogP contribution in [-0.4, -0.2) is 67.0 Å². The van der Waals surface area contributed by atoms with Gasteiger partial charge in [-0.15, -0.1) is 12.4 Å². The maximum atomic E-state index is 13.3. The normalized spacial score (nSPS) is 16.4. The van der Waals surface area contributed by atoms with E-state index in [9.17, 15) is 14.4 Å². The summed E-state index contributed by atoms with van der Waals surface area (Å²) in [6.45, 7) is 1.89. The van der Waals surface area contributed by atoms with Gasteiger partial charge in [0.1, 0.15) is 17.5 Å². The molecule has 1 aliphatic heterocycles. The summed E-state index contributed by atoms with van der Waals surface area (Å²) in [6, 6.07) is 13.8. The summed E-state index contributed by atoms with van der Waals surface area (Å²) in [7, 11) is 1.54. The minimum atomic E-state index is -0.868. The fourth-order valence-corrected chi connectivity index (χ4v) is 4.26. The van der Waals surface area contributed by atoms with Crippen LogP contribution in [0.25, 0.3) is 11.5 Å². The maximum absolute atomic E-state index is 13.3. The van der Waals surface area contributed by atoms with Gasteiger partial charge in [-0.3, -0.25) is 14.4 Å². The number of carbonyl (C=O) groups excluding carboxylic acids is 3. The van der Waals surface area contributed by atoms with E-state index in [1.807, 2.05) is 36.4 Å². The SMILES string of the molecule is COc1ccc2cc1OCCCN(C(=O)CN)CC(=O)N[C@H](Cc1ccccc1)C(=O)NCc1nc-2oc1C.Cl. The number of fused-ring (bicyclic) bond motifs is 5. The van der Waals surface area contributed by atoms with Crippen LogP contribution in [0.4, 0.5) is 0 Å². The van der Waals surface area contributed by atoms with Crippen LogP contribution in [0.3, 0.4) is 0 Å². The van der Waals surface area contributed by atoms with Crippen molar-refractivity contribution >= 4 is 30.1 Å². The Morgan fingerprint density at radius 2 is 1.98 bits per heavy atom. The Kier molecular flexibility index (Phi) is 10.9. The molecule has 0 fully saturated rings. The van der Waals surface area contributed by atoms with Crippen molar-refractivity contribution < 1.29 is 28.3 Å². The molecule has 4 bridgehead atoms. The number of oxazole rings is 1. The molecule has 1 atom stereocenters. The van der Waals surface area contributed by atoms with Crippen molar-refractivity contribution in [2.75, 3.05) is 33.4 Å². The predicted octanol–water partition coefficient (Wildman–Crippen LogP) is 1.99. The number of nitrogens with one attached hydrogen (secondary N) is 2. The molecule has 214 valence electrons. The number of amides is 3. The second kappa shape index (κ2) is 14.3. The van der Waals surface area contributed by atoms with Gasteiger partial charge in [0, 0.05) is 18.5 Å². The molecule has 0 unspecified atom stereocenters. The second-order valence-electron chi connectivity index (χ2n) is 9.14. The van der Waals surface area contributed by atoms with Crippen LogP contribution in [0.2, 0.25) is 0 Å². The molecule has 0 saturated carbocycles. The van der Waals surface area contributed by atoms with Gasteiger partial charge in [-0.2, -0.15) is 0 Å². The number of nitrogens with zero attached hydrogens (tertiary/aromatic N) is 2. The van der Waals surface area contributed by atoms with E-state index in [4.69, 9.17) is 19.6 Å². The van der Waals surface area contributed by atoms with Gasteiger partial charge in [0.15, 0.2) is 11.5 Å². The molecule has 4 rings (SSSR count). The van der Waals surface area contributed by atoms with Gasteiger partial charge in [-0.1, -0.05) is 30.3 Å². The van der Waals surface area contributed by atoms with Gasteiger partial charge in [0.05, 0.1) is 33.4 Å². The monoisotopic (exact) mass is 571 g/mol. The molecule has 2 aromatic carbocycles. The third kappa shape index (κ3) is 7.73.